The first-order valence-electron chi connectivity index (χ1n) is 7.40. The summed E-state index contributed by atoms with van der Waals surface area (Å²) in [6.45, 7) is 6.50. The maximum Gasteiger partial charge on any atom is 0.254 e. The van der Waals surface area contributed by atoms with Crippen molar-refractivity contribution in [1.29, 1.82) is 0 Å². The Morgan fingerprint density at radius 2 is 1.95 bits per heavy atom. The second-order valence-electron chi connectivity index (χ2n) is 4.90. The zero-order valence-electron chi connectivity index (χ0n) is 12.6. The van der Waals surface area contributed by atoms with E-state index in [4.69, 9.17) is 0 Å². The van der Waals surface area contributed by atoms with Crippen molar-refractivity contribution < 1.29 is 4.79 Å². The average Bonchev–Trinajstić information content (AvgIpc) is 3.03. The minimum Gasteiger partial charge on any atom is -0.385 e. The number of hydrogen-bond donors (Lipinski definition) is 1. The number of nitrogens with zero attached hydrogens (tertiary/aromatic N) is 1. The molecule has 0 unspecified atom stereocenters. The highest BCUT2D eigenvalue weighted by Gasteiger charge is 2.14. The molecule has 0 aliphatic carbocycles. The van der Waals surface area contributed by atoms with Gasteiger partial charge in [-0.1, -0.05) is 13.0 Å². The first kappa shape index (κ1) is 15.6. The van der Waals surface area contributed by atoms with E-state index in [-0.39, 0.29) is 5.91 Å². The molecule has 3 nitrogen and oxygen atoms in total. The molecule has 0 spiro atoms. The molecule has 0 saturated carbocycles. The van der Waals surface area contributed by atoms with Crippen LogP contribution in [0.1, 0.15) is 35.5 Å². The summed E-state index contributed by atoms with van der Waals surface area (Å²) in [5, 5.41) is 5.36. The Bertz CT molecular complexity index is 549. The lowest BCUT2D eigenvalue weighted by atomic mass is 10.1. The van der Waals surface area contributed by atoms with Gasteiger partial charge < -0.3 is 10.2 Å². The van der Waals surface area contributed by atoms with Gasteiger partial charge in [-0.15, -0.1) is 11.3 Å². The monoisotopic (exact) mass is 302 g/mol. The summed E-state index contributed by atoms with van der Waals surface area (Å²) in [5.41, 5.74) is 1.81. The maximum absolute atomic E-state index is 12.5. The van der Waals surface area contributed by atoms with E-state index in [1.807, 2.05) is 47.5 Å². The van der Waals surface area contributed by atoms with Crippen molar-refractivity contribution in [3.8, 4) is 0 Å². The van der Waals surface area contributed by atoms with Crippen LogP contribution in [0.3, 0.4) is 0 Å². The molecule has 1 N–H and O–H groups in total. The Morgan fingerprint density at radius 1 is 1.19 bits per heavy atom. The van der Waals surface area contributed by atoms with Crippen molar-refractivity contribution in [2.45, 2.75) is 26.8 Å². The minimum absolute atomic E-state index is 0.0907. The second-order valence-corrected chi connectivity index (χ2v) is 5.94. The predicted molar refractivity (Wildman–Crippen MR) is 90.0 cm³/mol. The van der Waals surface area contributed by atoms with Gasteiger partial charge in [-0.3, -0.25) is 4.79 Å². The number of hydrogen-bond acceptors (Lipinski definition) is 3. The number of carbonyl (C=O) groups is 1. The van der Waals surface area contributed by atoms with E-state index >= 15 is 0 Å². The van der Waals surface area contributed by atoms with E-state index in [0.717, 1.165) is 24.2 Å². The molecule has 1 aromatic carbocycles. The summed E-state index contributed by atoms with van der Waals surface area (Å²) < 4.78 is 0. The van der Waals surface area contributed by atoms with Gasteiger partial charge in [-0.05, 0) is 49.1 Å². The fraction of sp³-hybridized carbons (Fsp3) is 0.353. The van der Waals surface area contributed by atoms with Crippen molar-refractivity contribution in [3.63, 3.8) is 0 Å². The lowest BCUT2D eigenvalue weighted by Crippen LogP contribution is -2.29. The van der Waals surface area contributed by atoms with Crippen LogP contribution in [-0.4, -0.2) is 23.9 Å². The number of benzene rings is 1. The molecule has 0 saturated heterocycles. The number of anilines is 1. The van der Waals surface area contributed by atoms with Gasteiger partial charge >= 0.3 is 0 Å². The standard InChI is InChI=1S/C17H22N2OS/c1-3-11-18-15-9-7-14(8-10-15)17(20)19(4-2)13-16-6-5-12-21-16/h5-10,12,18H,3-4,11,13H2,1-2H3. The Balaban J connectivity index is 2.03. The number of thiophene rings is 1. The highest BCUT2D eigenvalue weighted by atomic mass is 32.1. The minimum atomic E-state index is 0.0907. The Kier molecular flexibility index (Phi) is 5.81. The summed E-state index contributed by atoms with van der Waals surface area (Å²) in [5.74, 6) is 0.0907. The van der Waals surface area contributed by atoms with Crippen LogP contribution in [0.25, 0.3) is 0 Å². The summed E-state index contributed by atoms with van der Waals surface area (Å²) in [6.07, 6.45) is 1.09. The zero-order chi connectivity index (χ0) is 15.1. The molecule has 4 heteroatoms. The number of nitrogens with one attached hydrogen (secondary N) is 1. The first-order chi connectivity index (χ1) is 10.2. The topological polar surface area (TPSA) is 32.3 Å². The molecule has 21 heavy (non-hydrogen) atoms. The zero-order valence-corrected chi connectivity index (χ0v) is 13.5. The lowest BCUT2D eigenvalue weighted by Gasteiger charge is -2.20. The van der Waals surface area contributed by atoms with Crippen molar-refractivity contribution >= 4 is 22.9 Å². The molecule has 1 heterocycles. The molecule has 0 fully saturated rings. The van der Waals surface area contributed by atoms with E-state index in [1.54, 1.807) is 11.3 Å². The fourth-order valence-corrected chi connectivity index (χ4v) is 2.82. The van der Waals surface area contributed by atoms with Crippen molar-refractivity contribution in [3.05, 3.63) is 52.2 Å². The largest absolute Gasteiger partial charge is 0.385 e. The van der Waals surface area contributed by atoms with E-state index < -0.39 is 0 Å². The smallest absolute Gasteiger partial charge is 0.254 e. The summed E-state index contributed by atoms with van der Waals surface area (Å²) in [6, 6.07) is 11.8. The summed E-state index contributed by atoms with van der Waals surface area (Å²) in [7, 11) is 0. The molecule has 0 atom stereocenters. The fourth-order valence-electron chi connectivity index (χ4n) is 2.10. The second kappa shape index (κ2) is 7.84. The van der Waals surface area contributed by atoms with Crippen LogP contribution in [0, 0.1) is 0 Å². The lowest BCUT2D eigenvalue weighted by molar-refractivity contribution is 0.0754. The van der Waals surface area contributed by atoms with Gasteiger partial charge in [-0.25, -0.2) is 0 Å². The van der Waals surface area contributed by atoms with Gasteiger partial charge in [0.2, 0.25) is 0 Å². The average molecular weight is 302 g/mol. The molecule has 2 rings (SSSR count). The highest BCUT2D eigenvalue weighted by molar-refractivity contribution is 7.09. The number of rotatable bonds is 7. The molecule has 0 bridgehead atoms. The van der Waals surface area contributed by atoms with Crippen molar-refractivity contribution in [2.24, 2.45) is 0 Å². The van der Waals surface area contributed by atoms with Crippen LogP contribution >= 0.6 is 11.3 Å². The quantitative estimate of drug-likeness (QED) is 0.830. The van der Waals surface area contributed by atoms with E-state index in [2.05, 4.69) is 18.3 Å². The third kappa shape index (κ3) is 4.33. The van der Waals surface area contributed by atoms with E-state index in [9.17, 15) is 4.79 Å². The van der Waals surface area contributed by atoms with Crippen LogP contribution in [0.15, 0.2) is 41.8 Å². The normalized spacial score (nSPS) is 10.4. The molecule has 1 aromatic heterocycles. The molecule has 2 aromatic rings. The van der Waals surface area contributed by atoms with Crippen LogP contribution in [-0.2, 0) is 6.54 Å². The van der Waals surface area contributed by atoms with Gasteiger partial charge in [0.1, 0.15) is 0 Å². The number of amides is 1. The van der Waals surface area contributed by atoms with Crippen LogP contribution in [0.5, 0.6) is 0 Å². The van der Waals surface area contributed by atoms with Gasteiger partial charge in [-0.2, -0.15) is 0 Å². The summed E-state index contributed by atoms with van der Waals surface area (Å²) in [4.78, 5) is 15.6. The highest BCUT2D eigenvalue weighted by Crippen LogP contribution is 2.16. The Hall–Kier alpha value is -1.81. The number of carbonyl (C=O) groups excluding carboxylic acids is 1. The molecular formula is C17H22N2OS. The molecule has 112 valence electrons. The molecule has 1 amide bonds. The first-order valence-corrected chi connectivity index (χ1v) is 8.28. The molecule has 0 aliphatic heterocycles. The summed E-state index contributed by atoms with van der Waals surface area (Å²) >= 11 is 1.69. The van der Waals surface area contributed by atoms with Gasteiger partial charge in [0, 0.05) is 29.2 Å². The van der Waals surface area contributed by atoms with Crippen LogP contribution in [0.4, 0.5) is 5.69 Å². The third-order valence-corrected chi connectivity index (χ3v) is 4.17. The Labute approximate surface area is 130 Å². The SMILES string of the molecule is CCCNc1ccc(C(=O)N(CC)Cc2cccs2)cc1. The van der Waals surface area contributed by atoms with E-state index in [0.29, 0.717) is 13.1 Å². The van der Waals surface area contributed by atoms with Crippen LogP contribution in [0.2, 0.25) is 0 Å². The van der Waals surface area contributed by atoms with Gasteiger partial charge in [0.05, 0.1) is 6.54 Å². The maximum atomic E-state index is 12.5. The third-order valence-electron chi connectivity index (χ3n) is 3.31. The predicted octanol–water partition coefficient (Wildman–Crippen LogP) is 4.23. The molecule has 0 radical (unpaired) electrons. The van der Waals surface area contributed by atoms with Gasteiger partial charge in [0.25, 0.3) is 5.91 Å². The van der Waals surface area contributed by atoms with E-state index in [1.165, 1.54) is 4.88 Å². The van der Waals surface area contributed by atoms with Crippen LogP contribution < -0.4 is 5.32 Å². The molecule has 0 aliphatic rings. The van der Waals surface area contributed by atoms with Gasteiger partial charge in [0.15, 0.2) is 0 Å². The van der Waals surface area contributed by atoms with Crippen molar-refractivity contribution in [2.75, 3.05) is 18.4 Å². The Morgan fingerprint density at radius 3 is 2.52 bits per heavy atom. The molecular weight excluding hydrogens is 280 g/mol. The van der Waals surface area contributed by atoms with Crippen molar-refractivity contribution in [1.82, 2.24) is 4.90 Å².